The van der Waals surface area contributed by atoms with Gasteiger partial charge in [-0.05, 0) is 25.2 Å². The highest BCUT2D eigenvalue weighted by Crippen LogP contribution is 2.19. The van der Waals surface area contributed by atoms with E-state index >= 15 is 0 Å². The Bertz CT molecular complexity index is 361. The van der Waals surface area contributed by atoms with Gasteiger partial charge in [-0.3, -0.25) is 0 Å². The molecule has 1 N–H and O–H groups in total. The largest absolute Gasteiger partial charge is 0.493 e. The smallest absolute Gasteiger partial charge is 0.123 e. The molecule has 1 aromatic carbocycles. The summed E-state index contributed by atoms with van der Waals surface area (Å²) in [4.78, 5) is 0. The number of benzene rings is 1. The van der Waals surface area contributed by atoms with Crippen LogP contribution in [-0.4, -0.2) is 40.6 Å². The van der Waals surface area contributed by atoms with Gasteiger partial charge in [0.05, 0.1) is 19.8 Å². The highest BCUT2D eigenvalue weighted by molar-refractivity contribution is 5.33. The van der Waals surface area contributed by atoms with E-state index in [4.69, 9.17) is 14.2 Å². The second-order valence-corrected chi connectivity index (χ2v) is 4.09. The summed E-state index contributed by atoms with van der Waals surface area (Å²) in [7, 11) is 3.46. The zero-order valence-electron chi connectivity index (χ0n) is 11.6. The van der Waals surface area contributed by atoms with Crippen LogP contribution in [0.3, 0.4) is 0 Å². The summed E-state index contributed by atoms with van der Waals surface area (Å²) in [6.45, 7) is 2.96. The van der Waals surface area contributed by atoms with Crippen LogP contribution in [0.25, 0.3) is 0 Å². The van der Waals surface area contributed by atoms with E-state index in [0.717, 1.165) is 12.0 Å². The molecule has 19 heavy (non-hydrogen) atoms. The minimum atomic E-state index is -0.250. The molecule has 0 saturated carbocycles. The van der Waals surface area contributed by atoms with Crippen molar-refractivity contribution in [2.75, 3.05) is 40.6 Å². The standard InChI is InChI=1S/C14H22FNO3/c1-16-11-12-10-13(15)4-5-14(12)19-7-3-6-18-9-8-17-2/h4-5,10,16H,3,6-9,11H2,1-2H3. The fraction of sp³-hybridized carbons (Fsp3) is 0.571. The van der Waals surface area contributed by atoms with E-state index < -0.39 is 0 Å². The summed E-state index contributed by atoms with van der Waals surface area (Å²) >= 11 is 0. The molecule has 0 fully saturated rings. The molecule has 0 unspecified atom stereocenters. The van der Waals surface area contributed by atoms with Crippen molar-refractivity contribution in [3.63, 3.8) is 0 Å². The zero-order valence-corrected chi connectivity index (χ0v) is 11.6. The molecular weight excluding hydrogens is 249 g/mol. The molecule has 0 aromatic heterocycles. The molecule has 0 amide bonds. The highest BCUT2D eigenvalue weighted by Gasteiger charge is 2.04. The van der Waals surface area contributed by atoms with Crippen LogP contribution < -0.4 is 10.1 Å². The van der Waals surface area contributed by atoms with Crippen LogP contribution in [0, 0.1) is 5.82 Å². The number of hydrogen-bond donors (Lipinski definition) is 1. The third-order valence-electron chi connectivity index (χ3n) is 2.51. The van der Waals surface area contributed by atoms with Crippen molar-refractivity contribution in [2.45, 2.75) is 13.0 Å². The first kappa shape index (κ1) is 15.9. The Hall–Kier alpha value is -1.17. The summed E-state index contributed by atoms with van der Waals surface area (Å²) in [5, 5.41) is 2.99. The third kappa shape index (κ3) is 6.52. The van der Waals surface area contributed by atoms with Gasteiger partial charge in [0.2, 0.25) is 0 Å². The predicted molar refractivity (Wildman–Crippen MR) is 72.0 cm³/mol. The van der Waals surface area contributed by atoms with Gasteiger partial charge in [-0.2, -0.15) is 0 Å². The van der Waals surface area contributed by atoms with E-state index in [1.165, 1.54) is 12.1 Å². The number of rotatable bonds is 10. The van der Waals surface area contributed by atoms with Crippen molar-refractivity contribution in [3.8, 4) is 5.75 Å². The van der Waals surface area contributed by atoms with Gasteiger partial charge in [0, 0.05) is 32.2 Å². The molecule has 0 spiro atoms. The van der Waals surface area contributed by atoms with Crippen molar-refractivity contribution in [2.24, 2.45) is 0 Å². The molecule has 0 radical (unpaired) electrons. The molecule has 0 bridgehead atoms. The molecular formula is C14H22FNO3. The normalized spacial score (nSPS) is 10.7. The van der Waals surface area contributed by atoms with Gasteiger partial charge in [-0.25, -0.2) is 4.39 Å². The van der Waals surface area contributed by atoms with E-state index in [1.807, 2.05) is 7.05 Å². The first-order valence-corrected chi connectivity index (χ1v) is 6.40. The molecule has 0 saturated heterocycles. The van der Waals surface area contributed by atoms with Crippen LogP contribution in [-0.2, 0) is 16.0 Å². The number of methoxy groups -OCH3 is 1. The second kappa shape index (κ2) is 9.72. The number of ether oxygens (including phenoxy) is 3. The maximum atomic E-state index is 13.1. The number of hydrogen-bond acceptors (Lipinski definition) is 4. The van der Waals surface area contributed by atoms with Crippen LogP contribution in [0.4, 0.5) is 4.39 Å². The Morgan fingerprint density at radius 3 is 2.74 bits per heavy atom. The fourth-order valence-corrected chi connectivity index (χ4v) is 1.60. The Kier molecular flexibility index (Phi) is 8.13. The second-order valence-electron chi connectivity index (χ2n) is 4.09. The Balaban J connectivity index is 2.28. The lowest BCUT2D eigenvalue weighted by Crippen LogP contribution is -2.10. The molecule has 0 aliphatic rings. The Morgan fingerprint density at radius 1 is 1.16 bits per heavy atom. The van der Waals surface area contributed by atoms with E-state index in [-0.39, 0.29) is 5.82 Å². The van der Waals surface area contributed by atoms with Crippen molar-refractivity contribution >= 4 is 0 Å². The first-order chi connectivity index (χ1) is 9.27. The van der Waals surface area contributed by atoms with E-state index in [9.17, 15) is 4.39 Å². The minimum absolute atomic E-state index is 0.250. The Morgan fingerprint density at radius 2 is 2.00 bits per heavy atom. The average molecular weight is 271 g/mol. The van der Waals surface area contributed by atoms with Gasteiger partial charge in [-0.15, -0.1) is 0 Å². The lowest BCUT2D eigenvalue weighted by molar-refractivity contribution is 0.0644. The molecule has 0 heterocycles. The van der Waals surface area contributed by atoms with Crippen LogP contribution in [0.5, 0.6) is 5.75 Å². The van der Waals surface area contributed by atoms with Crippen molar-refractivity contribution in [1.29, 1.82) is 0 Å². The van der Waals surface area contributed by atoms with Gasteiger partial charge in [-0.1, -0.05) is 0 Å². The SMILES string of the molecule is CNCc1cc(F)ccc1OCCCOCCOC. The molecule has 0 aliphatic heterocycles. The monoisotopic (exact) mass is 271 g/mol. The number of halogens is 1. The maximum absolute atomic E-state index is 13.1. The molecule has 1 aromatic rings. The van der Waals surface area contributed by atoms with Crippen molar-refractivity contribution in [3.05, 3.63) is 29.6 Å². The van der Waals surface area contributed by atoms with Crippen molar-refractivity contribution in [1.82, 2.24) is 5.32 Å². The lowest BCUT2D eigenvalue weighted by atomic mass is 10.2. The molecule has 108 valence electrons. The van der Waals surface area contributed by atoms with Gasteiger partial charge >= 0.3 is 0 Å². The molecule has 1 rings (SSSR count). The fourth-order valence-electron chi connectivity index (χ4n) is 1.60. The summed E-state index contributed by atoms with van der Waals surface area (Å²) < 4.78 is 29.0. The summed E-state index contributed by atoms with van der Waals surface area (Å²) in [5.74, 6) is 0.466. The van der Waals surface area contributed by atoms with Crippen LogP contribution >= 0.6 is 0 Å². The van der Waals surface area contributed by atoms with Crippen LogP contribution in [0.1, 0.15) is 12.0 Å². The number of nitrogens with one attached hydrogen (secondary N) is 1. The van der Waals surface area contributed by atoms with Crippen molar-refractivity contribution < 1.29 is 18.6 Å². The molecule has 0 aliphatic carbocycles. The van der Waals surface area contributed by atoms with Gasteiger partial charge in [0.25, 0.3) is 0 Å². The topological polar surface area (TPSA) is 39.7 Å². The quantitative estimate of drug-likeness (QED) is 0.661. The highest BCUT2D eigenvalue weighted by atomic mass is 19.1. The average Bonchev–Trinajstić information content (AvgIpc) is 2.40. The Labute approximate surface area is 113 Å². The van der Waals surface area contributed by atoms with E-state index in [0.29, 0.717) is 38.7 Å². The van der Waals surface area contributed by atoms with E-state index in [1.54, 1.807) is 13.2 Å². The molecule has 5 heteroatoms. The maximum Gasteiger partial charge on any atom is 0.123 e. The summed E-state index contributed by atoms with van der Waals surface area (Å²) in [5.41, 5.74) is 0.822. The zero-order chi connectivity index (χ0) is 13.9. The predicted octanol–water partition coefficient (Wildman–Crippen LogP) is 1.98. The van der Waals surface area contributed by atoms with Gasteiger partial charge < -0.3 is 19.5 Å². The first-order valence-electron chi connectivity index (χ1n) is 6.40. The third-order valence-corrected chi connectivity index (χ3v) is 2.51. The van der Waals surface area contributed by atoms with Crippen LogP contribution in [0.2, 0.25) is 0 Å². The summed E-state index contributed by atoms with van der Waals surface area (Å²) in [6, 6.07) is 4.55. The minimum Gasteiger partial charge on any atom is -0.493 e. The van der Waals surface area contributed by atoms with Crippen LogP contribution in [0.15, 0.2) is 18.2 Å². The van der Waals surface area contributed by atoms with Gasteiger partial charge in [0.15, 0.2) is 0 Å². The van der Waals surface area contributed by atoms with Gasteiger partial charge in [0.1, 0.15) is 11.6 Å². The molecule has 4 nitrogen and oxygen atoms in total. The summed E-state index contributed by atoms with van der Waals surface area (Å²) in [6.07, 6.45) is 0.792. The lowest BCUT2D eigenvalue weighted by Gasteiger charge is -2.11. The molecule has 0 atom stereocenters. The van der Waals surface area contributed by atoms with E-state index in [2.05, 4.69) is 5.32 Å².